The first-order valence-electron chi connectivity index (χ1n) is 6.77. The van der Waals surface area contributed by atoms with Crippen molar-refractivity contribution in [2.24, 2.45) is 0 Å². The summed E-state index contributed by atoms with van der Waals surface area (Å²) in [4.78, 5) is 8.43. The second-order valence-corrected chi connectivity index (χ2v) is 4.92. The van der Waals surface area contributed by atoms with Crippen LogP contribution < -0.4 is 4.74 Å². The topological polar surface area (TPSA) is 44.9 Å². The molecule has 2 heterocycles. The Morgan fingerprint density at radius 3 is 2.48 bits per heavy atom. The molecule has 2 aromatic heterocycles. The Kier molecular flexibility index (Phi) is 3.81. The lowest BCUT2D eigenvalue weighted by atomic mass is 10.3. The highest BCUT2D eigenvalue weighted by Gasteiger charge is 2.30. The van der Waals surface area contributed by atoms with E-state index < -0.39 is 6.36 Å². The molecule has 0 bridgehead atoms. The lowest BCUT2D eigenvalue weighted by Crippen LogP contribution is -2.17. The van der Waals surface area contributed by atoms with Gasteiger partial charge in [0.25, 0.3) is 0 Å². The molecule has 0 aliphatic carbocycles. The lowest BCUT2D eigenvalue weighted by Gasteiger charge is -2.09. The highest BCUT2D eigenvalue weighted by atomic mass is 19.4. The fraction of sp³-hybridized carbons (Fsp3) is 0.200. The van der Waals surface area contributed by atoms with Gasteiger partial charge < -0.3 is 13.9 Å². The minimum Gasteiger partial charge on any atom is -0.406 e. The van der Waals surface area contributed by atoms with E-state index in [4.69, 9.17) is 0 Å². The van der Waals surface area contributed by atoms with E-state index in [2.05, 4.69) is 14.7 Å². The van der Waals surface area contributed by atoms with Crippen molar-refractivity contribution in [3.8, 4) is 11.4 Å². The number of ether oxygens (including phenoxy) is 1. The third-order valence-electron chi connectivity index (χ3n) is 3.26. The van der Waals surface area contributed by atoms with Gasteiger partial charge in [0, 0.05) is 24.3 Å². The molecule has 0 aliphatic rings. The van der Waals surface area contributed by atoms with Gasteiger partial charge in [0.15, 0.2) is 0 Å². The highest BCUT2D eigenvalue weighted by molar-refractivity contribution is 5.37. The van der Waals surface area contributed by atoms with Gasteiger partial charge in [0.05, 0.1) is 18.6 Å². The van der Waals surface area contributed by atoms with Crippen LogP contribution in [0, 0.1) is 6.92 Å². The van der Waals surface area contributed by atoms with Crippen molar-refractivity contribution in [1.82, 2.24) is 19.1 Å². The number of benzene rings is 1. The largest absolute Gasteiger partial charge is 0.573 e. The van der Waals surface area contributed by atoms with Crippen LogP contribution in [0.4, 0.5) is 13.2 Å². The fourth-order valence-electron chi connectivity index (χ4n) is 2.15. The number of aryl methyl sites for hydroxylation is 1. The number of imidazole rings is 2. The first kappa shape index (κ1) is 15.1. The summed E-state index contributed by atoms with van der Waals surface area (Å²) in [5, 5.41) is 0. The Hall–Kier alpha value is -2.77. The third kappa shape index (κ3) is 3.71. The highest BCUT2D eigenvalue weighted by Crippen LogP contribution is 2.23. The number of aromatic nitrogens is 4. The summed E-state index contributed by atoms with van der Waals surface area (Å²) in [7, 11) is 0. The molecule has 3 rings (SSSR count). The number of hydrogen-bond donors (Lipinski definition) is 0. The lowest BCUT2D eigenvalue weighted by molar-refractivity contribution is -0.274. The normalized spacial score (nSPS) is 11.7. The molecular weight excluding hydrogens is 309 g/mol. The maximum atomic E-state index is 12.1. The first-order chi connectivity index (χ1) is 10.9. The van der Waals surface area contributed by atoms with Crippen LogP contribution in [0.5, 0.6) is 5.75 Å². The van der Waals surface area contributed by atoms with Crippen LogP contribution in [0.3, 0.4) is 0 Å². The minimum absolute atomic E-state index is 0.254. The van der Waals surface area contributed by atoms with Crippen LogP contribution in [0.25, 0.3) is 5.69 Å². The number of alkyl halides is 3. The summed E-state index contributed by atoms with van der Waals surface area (Å²) in [6.45, 7) is 2.48. The molecule has 0 aliphatic heterocycles. The smallest absolute Gasteiger partial charge is 0.406 e. The minimum atomic E-state index is -4.69. The molecule has 23 heavy (non-hydrogen) atoms. The molecule has 8 heteroatoms. The number of rotatable bonds is 4. The predicted molar refractivity (Wildman–Crippen MR) is 76.3 cm³/mol. The Morgan fingerprint density at radius 1 is 1.13 bits per heavy atom. The van der Waals surface area contributed by atoms with E-state index in [1.807, 2.05) is 23.9 Å². The molecule has 0 radical (unpaired) electrons. The van der Waals surface area contributed by atoms with E-state index in [0.29, 0.717) is 12.2 Å². The van der Waals surface area contributed by atoms with E-state index in [1.54, 1.807) is 17.1 Å². The molecule has 3 aromatic rings. The van der Waals surface area contributed by atoms with E-state index >= 15 is 0 Å². The van der Waals surface area contributed by atoms with Crippen molar-refractivity contribution >= 4 is 0 Å². The Morgan fingerprint density at radius 2 is 1.87 bits per heavy atom. The molecule has 120 valence electrons. The zero-order valence-corrected chi connectivity index (χ0v) is 12.2. The van der Waals surface area contributed by atoms with Crippen LogP contribution in [0.2, 0.25) is 0 Å². The standard InChI is InChI=1S/C15H13F3N4O/c1-11-19-6-7-21(11)8-12-9-22(10-20-12)13-2-4-14(5-3-13)23-15(16,17)18/h2-7,9-10H,8H2,1H3. The maximum Gasteiger partial charge on any atom is 0.573 e. The van der Waals surface area contributed by atoms with Gasteiger partial charge in [-0.3, -0.25) is 0 Å². The summed E-state index contributed by atoms with van der Waals surface area (Å²) in [6, 6.07) is 5.61. The molecular formula is C15H13F3N4O. The molecule has 0 saturated heterocycles. The second kappa shape index (κ2) is 5.79. The summed E-state index contributed by atoms with van der Waals surface area (Å²) < 4.78 is 43.9. The van der Waals surface area contributed by atoms with Crippen LogP contribution in [0.15, 0.2) is 49.2 Å². The summed E-state index contributed by atoms with van der Waals surface area (Å²) in [5.41, 5.74) is 1.52. The third-order valence-corrected chi connectivity index (χ3v) is 3.26. The number of nitrogens with zero attached hydrogens (tertiary/aromatic N) is 4. The van der Waals surface area contributed by atoms with Gasteiger partial charge in [0.1, 0.15) is 11.6 Å². The summed E-state index contributed by atoms with van der Waals surface area (Å²) >= 11 is 0. The second-order valence-electron chi connectivity index (χ2n) is 4.92. The van der Waals surface area contributed by atoms with Crippen molar-refractivity contribution < 1.29 is 17.9 Å². The quantitative estimate of drug-likeness (QED) is 0.740. The zero-order valence-electron chi connectivity index (χ0n) is 12.2. The molecule has 0 spiro atoms. The van der Waals surface area contributed by atoms with Crippen molar-refractivity contribution in [3.05, 3.63) is 60.7 Å². The molecule has 0 saturated carbocycles. The van der Waals surface area contributed by atoms with Gasteiger partial charge in [-0.15, -0.1) is 13.2 Å². The maximum absolute atomic E-state index is 12.1. The van der Waals surface area contributed by atoms with Gasteiger partial charge in [-0.05, 0) is 31.2 Å². The van der Waals surface area contributed by atoms with Gasteiger partial charge in [0.2, 0.25) is 0 Å². The Balaban J connectivity index is 1.74. The van der Waals surface area contributed by atoms with Crippen molar-refractivity contribution in [3.63, 3.8) is 0 Å². The van der Waals surface area contributed by atoms with Gasteiger partial charge in [-0.2, -0.15) is 0 Å². The SMILES string of the molecule is Cc1nccn1Cc1cn(-c2ccc(OC(F)(F)F)cc2)cn1. The summed E-state index contributed by atoms with van der Waals surface area (Å²) in [6.07, 6.45) is 2.32. The Labute approximate surface area is 130 Å². The summed E-state index contributed by atoms with van der Waals surface area (Å²) in [5.74, 6) is 0.629. The first-order valence-corrected chi connectivity index (χ1v) is 6.77. The molecule has 1 aromatic carbocycles. The van der Waals surface area contributed by atoms with E-state index in [-0.39, 0.29) is 5.75 Å². The monoisotopic (exact) mass is 322 g/mol. The van der Waals surface area contributed by atoms with E-state index in [9.17, 15) is 13.2 Å². The molecule has 0 atom stereocenters. The molecule has 0 amide bonds. The molecule has 0 N–H and O–H groups in total. The van der Waals surface area contributed by atoms with E-state index in [0.717, 1.165) is 11.5 Å². The fourth-order valence-corrected chi connectivity index (χ4v) is 2.15. The van der Waals surface area contributed by atoms with Crippen LogP contribution in [-0.4, -0.2) is 25.5 Å². The van der Waals surface area contributed by atoms with Gasteiger partial charge in [-0.25, -0.2) is 9.97 Å². The average molecular weight is 322 g/mol. The van der Waals surface area contributed by atoms with Crippen molar-refractivity contribution in [2.45, 2.75) is 19.8 Å². The Bertz CT molecular complexity index is 790. The van der Waals surface area contributed by atoms with Gasteiger partial charge in [-0.1, -0.05) is 0 Å². The van der Waals surface area contributed by atoms with Gasteiger partial charge >= 0.3 is 6.36 Å². The van der Waals surface area contributed by atoms with Crippen LogP contribution >= 0.6 is 0 Å². The number of halogens is 3. The van der Waals surface area contributed by atoms with Crippen molar-refractivity contribution in [1.29, 1.82) is 0 Å². The molecule has 0 fully saturated rings. The average Bonchev–Trinajstić information content (AvgIpc) is 3.09. The zero-order chi connectivity index (χ0) is 16.4. The van der Waals surface area contributed by atoms with Crippen LogP contribution in [-0.2, 0) is 6.54 Å². The number of hydrogen-bond acceptors (Lipinski definition) is 3. The van der Waals surface area contributed by atoms with E-state index in [1.165, 1.54) is 24.3 Å². The van der Waals surface area contributed by atoms with Crippen molar-refractivity contribution in [2.75, 3.05) is 0 Å². The molecule has 0 unspecified atom stereocenters. The predicted octanol–water partition coefficient (Wildman–Crippen LogP) is 3.32. The van der Waals surface area contributed by atoms with Crippen LogP contribution in [0.1, 0.15) is 11.5 Å². The molecule has 5 nitrogen and oxygen atoms in total.